The number of rotatable bonds is 7. The van der Waals surface area contributed by atoms with E-state index < -0.39 is 33.6 Å². The summed E-state index contributed by atoms with van der Waals surface area (Å²) in [6, 6.07) is 7.98. The van der Waals surface area contributed by atoms with Gasteiger partial charge < -0.3 is 10.1 Å². The molecule has 2 aromatic rings. The number of anilines is 2. The van der Waals surface area contributed by atoms with Gasteiger partial charge in [-0.15, -0.1) is 0 Å². The van der Waals surface area contributed by atoms with E-state index in [1.807, 2.05) is 6.92 Å². The summed E-state index contributed by atoms with van der Waals surface area (Å²) in [7, 11) is -3.93. The van der Waals surface area contributed by atoms with E-state index in [0.29, 0.717) is 18.0 Å². The maximum Gasteiger partial charge on any atom is 0.247 e. The molecule has 0 aliphatic carbocycles. The molecule has 1 atom stereocenters. The summed E-state index contributed by atoms with van der Waals surface area (Å²) < 4.78 is 57.0. The number of nitrogens with zero attached hydrogens (tertiary/aromatic N) is 1. The highest BCUT2D eigenvalue weighted by atomic mass is 32.2. The molecule has 146 valence electrons. The van der Waals surface area contributed by atoms with Crippen LogP contribution in [-0.4, -0.2) is 33.2 Å². The van der Waals surface area contributed by atoms with E-state index in [1.54, 1.807) is 24.3 Å². The molecular formula is C18H20F2N2O4S. The summed E-state index contributed by atoms with van der Waals surface area (Å²) in [5, 5.41) is 2.59. The zero-order valence-corrected chi connectivity index (χ0v) is 15.9. The van der Waals surface area contributed by atoms with Gasteiger partial charge in [0.25, 0.3) is 0 Å². The molecule has 2 aromatic carbocycles. The minimum Gasteiger partial charge on any atom is -0.494 e. The van der Waals surface area contributed by atoms with Gasteiger partial charge in [0.05, 0.1) is 18.6 Å². The molecule has 0 aliphatic rings. The quantitative estimate of drug-likeness (QED) is 0.777. The molecule has 0 radical (unpaired) electrons. The number of hydrogen-bond acceptors (Lipinski definition) is 4. The van der Waals surface area contributed by atoms with Crippen LogP contribution >= 0.6 is 0 Å². The van der Waals surface area contributed by atoms with Crippen LogP contribution in [0.25, 0.3) is 0 Å². The highest BCUT2D eigenvalue weighted by Crippen LogP contribution is 2.24. The molecule has 0 unspecified atom stereocenters. The molecule has 0 bridgehead atoms. The highest BCUT2D eigenvalue weighted by molar-refractivity contribution is 7.92. The van der Waals surface area contributed by atoms with Crippen molar-refractivity contribution >= 4 is 27.3 Å². The van der Waals surface area contributed by atoms with Gasteiger partial charge in [-0.2, -0.15) is 0 Å². The molecule has 0 saturated carbocycles. The fourth-order valence-corrected chi connectivity index (χ4v) is 3.65. The van der Waals surface area contributed by atoms with Crippen molar-refractivity contribution in [2.45, 2.75) is 19.9 Å². The number of halogens is 2. The number of sulfonamides is 1. The second-order valence-electron chi connectivity index (χ2n) is 5.78. The average Bonchev–Trinajstić information content (AvgIpc) is 2.59. The molecule has 0 aromatic heterocycles. The van der Waals surface area contributed by atoms with Crippen LogP contribution in [0.3, 0.4) is 0 Å². The Labute approximate surface area is 156 Å². The Balaban J connectivity index is 2.25. The number of benzene rings is 2. The Bertz CT molecular complexity index is 917. The molecule has 0 heterocycles. The number of amides is 1. The minimum atomic E-state index is -3.93. The Kier molecular flexibility index (Phi) is 6.37. The molecule has 0 saturated heterocycles. The number of carbonyl (C=O) groups is 1. The fraction of sp³-hybridized carbons (Fsp3) is 0.278. The van der Waals surface area contributed by atoms with Crippen LogP contribution in [0.15, 0.2) is 42.5 Å². The van der Waals surface area contributed by atoms with E-state index in [9.17, 15) is 22.0 Å². The molecule has 27 heavy (non-hydrogen) atoms. The van der Waals surface area contributed by atoms with E-state index in [-0.39, 0.29) is 5.69 Å². The van der Waals surface area contributed by atoms with E-state index in [1.165, 1.54) is 6.92 Å². The van der Waals surface area contributed by atoms with Gasteiger partial charge >= 0.3 is 0 Å². The maximum absolute atomic E-state index is 13.5. The summed E-state index contributed by atoms with van der Waals surface area (Å²) >= 11 is 0. The smallest absolute Gasteiger partial charge is 0.247 e. The zero-order valence-electron chi connectivity index (χ0n) is 15.1. The lowest BCUT2D eigenvalue weighted by atomic mass is 10.2. The van der Waals surface area contributed by atoms with Gasteiger partial charge in [0.1, 0.15) is 11.8 Å². The predicted octanol–water partition coefficient (Wildman–Crippen LogP) is 3.16. The third-order valence-corrected chi connectivity index (χ3v) is 4.92. The number of hydrogen-bond donors (Lipinski definition) is 1. The first kappa shape index (κ1) is 20.6. The molecule has 9 heteroatoms. The second kappa shape index (κ2) is 8.34. The summed E-state index contributed by atoms with van der Waals surface area (Å²) in [4.78, 5) is 12.5. The van der Waals surface area contributed by atoms with Gasteiger partial charge in [0, 0.05) is 11.8 Å². The molecular weight excluding hydrogens is 378 g/mol. The molecule has 0 aliphatic heterocycles. The van der Waals surface area contributed by atoms with Gasteiger partial charge in [0.2, 0.25) is 15.9 Å². The van der Waals surface area contributed by atoms with Crippen molar-refractivity contribution in [3.63, 3.8) is 0 Å². The largest absolute Gasteiger partial charge is 0.494 e. The van der Waals surface area contributed by atoms with Crippen LogP contribution in [0, 0.1) is 11.6 Å². The predicted molar refractivity (Wildman–Crippen MR) is 99.4 cm³/mol. The van der Waals surface area contributed by atoms with Gasteiger partial charge in [0.15, 0.2) is 11.6 Å². The lowest BCUT2D eigenvalue weighted by Crippen LogP contribution is -2.45. The van der Waals surface area contributed by atoms with Crippen molar-refractivity contribution in [3.8, 4) is 5.75 Å². The van der Waals surface area contributed by atoms with Crippen LogP contribution in [0.4, 0.5) is 20.2 Å². The minimum absolute atomic E-state index is 0.147. The monoisotopic (exact) mass is 398 g/mol. The zero-order chi connectivity index (χ0) is 20.2. The summed E-state index contributed by atoms with van der Waals surface area (Å²) in [5.41, 5.74) is 0.291. The number of carbonyl (C=O) groups excluding carboxylic acids is 1. The summed E-state index contributed by atoms with van der Waals surface area (Å²) in [5.74, 6) is -2.32. The third kappa shape index (κ3) is 5.16. The molecule has 1 N–H and O–H groups in total. The van der Waals surface area contributed by atoms with E-state index in [0.717, 1.165) is 28.8 Å². The van der Waals surface area contributed by atoms with Crippen molar-refractivity contribution in [2.24, 2.45) is 0 Å². The second-order valence-corrected chi connectivity index (χ2v) is 7.64. The summed E-state index contributed by atoms with van der Waals surface area (Å²) in [6.45, 7) is 3.70. The Morgan fingerprint density at radius 2 is 1.78 bits per heavy atom. The first-order valence-electron chi connectivity index (χ1n) is 8.11. The van der Waals surface area contributed by atoms with Crippen molar-refractivity contribution in [2.75, 3.05) is 22.5 Å². The topological polar surface area (TPSA) is 75.7 Å². The van der Waals surface area contributed by atoms with Gasteiger partial charge in [-0.05, 0) is 50.2 Å². The number of ether oxygens (including phenoxy) is 1. The van der Waals surface area contributed by atoms with Crippen LogP contribution in [-0.2, 0) is 14.8 Å². The average molecular weight is 398 g/mol. The van der Waals surface area contributed by atoms with Crippen molar-refractivity contribution < 1.29 is 26.7 Å². The lowest BCUT2D eigenvalue weighted by Gasteiger charge is -2.28. The van der Waals surface area contributed by atoms with E-state index >= 15 is 0 Å². The van der Waals surface area contributed by atoms with Crippen molar-refractivity contribution in [1.82, 2.24) is 0 Å². The molecule has 6 nitrogen and oxygen atoms in total. The first-order valence-corrected chi connectivity index (χ1v) is 9.96. The van der Waals surface area contributed by atoms with Gasteiger partial charge in [-0.3, -0.25) is 9.10 Å². The Morgan fingerprint density at radius 3 is 2.30 bits per heavy atom. The van der Waals surface area contributed by atoms with E-state index in [4.69, 9.17) is 4.74 Å². The van der Waals surface area contributed by atoms with Crippen molar-refractivity contribution in [1.29, 1.82) is 0 Å². The highest BCUT2D eigenvalue weighted by Gasteiger charge is 2.29. The van der Waals surface area contributed by atoms with Gasteiger partial charge in [-0.25, -0.2) is 17.2 Å². The fourth-order valence-electron chi connectivity index (χ4n) is 2.48. The standard InChI is InChI=1S/C18H20F2N2O4S/c1-4-26-15-8-5-13(6-9-15)21-18(23)12(2)22(27(3,24)25)14-7-10-16(19)17(20)11-14/h5-12H,4H2,1-3H3,(H,21,23)/t12-/m1/s1. The number of nitrogens with one attached hydrogen (secondary N) is 1. The third-order valence-electron chi connectivity index (χ3n) is 3.68. The normalized spacial score (nSPS) is 12.3. The Morgan fingerprint density at radius 1 is 1.15 bits per heavy atom. The van der Waals surface area contributed by atoms with Crippen LogP contribution in [0.5, 0.6) is 5.75 Å². The maximum atomic E-state index is 13.5. The van der Waals surface area contributed by atoms with Crippen LogP contribution in [0.1, 0.15) is 13.8 Å². The van der Waals surface area contributed by atoms with E-state index in [2.05, 4.69) is 5.32 Å². The van der Waals surface area contributed by atoms with Crippen molar-refractivity contribution in [3.05, 3.63) is 54.1 Å². The van der Waals surface area contributed by atoms with Crippen LogP contribution < -0.4 is 14.4 Å². The summed E-state index contributed by atoms with van der Waals surface area (Å²) in [6.07, 6.45) is 0.884. The lowest BCUT2D eigenvalue weighted by molar-refractivity contribution is -0.116. The van der Waals surface area contributed by atoms with Gasteiger partial charge in [-0.1, -0.05) is 0 Å². The first-order chi connectivity index (χ1) is 12.6. The molecule has 1 amide bonds. The molecule has 0 spiro atoms. The Hall–Kier alpha value is -2.68. The van der Waals surface area contributed by atoms with Crippen LogP contribution in [0.2, 0.25) is 0 Å². The molecule has 2 rings (SSSR count). The SMILES string of the molecule is CCOc1ccc(NC(=O)[C@@H](C)N(c2ccc(F)c(F)c2)S(C)(=O)=O)cc1. The molecule has 0 fully saturated rings.